The molecule has 4 heteroatoms. The first-order valence-corrected chi connectivity index (χ1v) is 7.61. The first kappa shape index (κ1) is 12.9. The van der Waals surface area contributed by atoms with Crippen LogP contribution in [0.3, 0.4) is 0 Å². The number of nitrogens with zero attached hydrogens (tertiary/aromatic N) is 2. The molecule has 0 aromatic carbocycles. The molecule has 0 amide bonds. The van der Waals surface area contributed by atoms with Crippen LogP contribution in [0.25, 0.3) is 0 Å². The van der Waals surface area contributed by atoms with Gasteiger partial charge in [-0.3, -0.25) is 9.80 Å². The summed E-state index contributed by atoms with van der Waals surface area (Å²) < 4.78 is 5.46. The molecule has 0 aromatic rings. The highest BCUT2D eigenvalue weighted by Crippen LogP contribution is 2.25. The fourth-order valence-corrected chi connectivity index (χ4v) is 3.85. The van der Waals surface area contributed by atoms with E-state index < -0.39 is 0 Å². The van der Waals surface area contributed by atoms with E-state index in [0.29, 0.717) is 0 Å². The summed E-state index contributed by atoms with van der Waals surface area (Å²) in [6.45, 7) is 11.5. The van der Waals surface area contributed by atoms with Gasteiger partial charge >= 0.3 is 0 Å². The van der Waals surface area contributed by atoms with Gasteiger partial charge in [-0.25, -0.2) is 0 Å². The Labute approximate surface area is 111 Å². The van der Waals surface area contributed by atoms with Gasteiger partial charge in [0.25, 0.3) is 0 Å². The first-order valence-electron chi connectivity index (χ1n) is 7.61. The Kier molecular flexibility index (Phi) is 4.19. The third-order valence-electron chi connectivity index (χ3n) is 4.97. The van der Waals surface area contributed by atoms with Gasteiger partial charge in [-0.15, -0.1) is 0 Å². The van der Waals surface area contributed by atoms with E-state index in [1.165, 1.54) is 39.0 Å². The SMILES string of the molecule is CC1CNCCC1N1CCC(N2CCOCC2)C1. The van der Waals surface area contributed by atoms with Gasteiger partial charge in [0.2, 0.25) is 0 Å². The number of piperidine rings is 1. The summed E-state index contributed by atoms with van der Waals surface area (Å²) in [5.41, 5.74) is 0. The van der Waals surface area contributed by atoms with Crippen LogP contribution in [0.5, 0.6) is 0 Å². The predicted octanol–water partition coefficient (Wildman–Crippen LogP) is 0.391. The van der Waals surface area contributed by atoms with E-state index >= 15 is 0 Å². The van der Waals surface area contributed by atoms with Crippen LogP contribution in [0, 0.1) is 5.92 Å². The van der Waals surface area contributed by atoms with E-state index in [-0.39, 0.29) is 0 Å². The van der Waals surface area contributed by atoms with Crippen LogP contribution in [0.1, 0.15) is 19.8 Å². The topological polar surface area (TPSA) is 27.7 Å². The van der Waals surface area contributed by atoms with E-state index in [2.05, 4.69) is 22.0 Å². The molecule has 4 nitrogen and oxygen atoms in total. The summed E-state index contributed by atoms with van der Waals surface area (Å²) >= 11 is 0. The Hall–Kier alpha value is -0.160. The van der Waals surface area contributed by atoms with E-state index in [0.717, 1.165) is 44.3 Å². The van der Waals surface area contributed by atoms with Crippen molar-refractivity contribution in [2.24, 2.45) is 5.92 Å². The molecular formula is C14H27N3O. The van der Waals surface area contributed by atoms with Crippen molar-refractivity contribution in [1.82, 2.24) is 15.1 Å². The van der Waals surface area contributed by atoms with Crippen molar-refractivity contribution < 1.29 is 4.74 Å². The highest BCUT2D eigenvalue weighted by Gasteiger charge is 2.35. The lowest BCUT2D eigenvalue weighted by atomic mass is 9.94. The summed E-state index contributed by atoms with van der Waals surface area (Å²) in [7, 11) is 0. The molecule has 3 aliphatic rings. The van der Waals surface area contributed by atoms with Crippen LogP contribution in [0.15, 0.2) is 0 Å². The Morgan fingerprint density at radius 3 is 2.67 bits per heavy atom. The number of likely N-dealkylation sites (tertiary alicyclic amines) is 1. The molecule has 3 heterocycles. The van der Waals surface area contributed by atoms with E-state index in [4.69, 9.17) is 4.74 Å². The normalized spacial score (nSPS) is 40.2. The fourth-order valence-electron chi connectivity index (χ4n) is 3.85. The van der Waals surface area contributed by atoms with Gasteiger partial charge in [-0.05, 0) is 31.8 Å². The van der Waals surface area contributed by atoms with Gasteiger partial charge < -0.3 is 10.1 Å². The summed E-state index contributed by atoms with van der Waals surface area (Å²) in [6, 6.07) is 1.60. The summed E-state index contributed by atoms with van der Waals surface area (Å²) in [6.07, 6.45) is 2.69. The molecule has 0 bridgehead atoms. The van der Waals surface area contributed by atoms with Gasteiger partial charge in [0, 0.05) is 38.3 Å². The van der Waals surface area contributed by atoms with Crippen molar-refractivity contribution in [3.8, 4) is 0 Å². The molecule has 0 radical (unpaired) electrons. The van der Waals surface area contributed by atoms with Crippen LogP contribution >= 0.6 is 0 Å². The fraction of sp³-hybridized carbons (Fsp3) is 1.00. The second kappa shape index (κ2) is 5.87. The largest absolute Gasteiger partial charge is 0.379 e. The second-order valence-corrected chi connectivity index (χ2v) is 6.12. The quantitative estimate of drug-likeness (QED) is 0.770. The maximum absolute atomic E-state index is 5.46. The molecule has 0 aliphatic carbocycles. The third-order valence-corrected chi connectivity index (χ3v) is 4.97. The number of hydrogen-bond acceptors (Lipinski definition) is 4. The summed E-state index contributed by atoms with van der Waals surface area (Å²) in [4.78, 5) is 5.40. The molecule has 3 atom stereocenters. The van der Waals surface area contributed by atoms with Crippen molar-refractivity contribution >= 4 is 0 Å². The maximum atomic E-state index is 5.46. The maximum Gasteiger partial charge on any atom is 0.0594 e. The Bertz CT molecular complexity index is 268. The molecule has 3 aliphatic heterocycles. The lowest BCUT2D eigenvalue weighted by Gasteiger charge is -2.38. The van der Waals surface area contributed by atoms with E-state index in [9.17, 15) is 0 Å². The molecule has 0 saturated carbocycles. The Morgan fingerprint density at radius 1 is 1.06 bits per heavy atom. The molecule has 3 fully saturated rings. The van der Waals surface area contributed by atoms with Crippen LogP contribution in [-0.4, -0.2) is 74.4 Å². The number of morpholine rings is 1. The molecule has 104 valence electrons. The zero-order valence-electron chi connectivity index (χ0n) is 11.6. The van der Waals surface area contributed by atoms with E-state index in [1.807, 2.05) is 0 Å². The molecule has 3 saturated heterocycles. The molecular weight excluding hydrogens is 226 g/mol. The molecule has 18 heavy (non-hydrogen) atoms. The van der Waals surface area contributed by atoms with Crippen molar-refractivity contribution in [1.29, 1.82) is 0 Å². The average molecular weight is 253 g/mol. The minimum Gasteiger partial charge on any atom is -0.379 e. The highest BCUT2D eigenvalue weighted by atomic mass is 16.5. The summed E-state index contributed by atoms with van der Waals surface area (Å²) in [5.74, 6) is 0.808. The van der Waals surface area contributed by atoms with Gasteiger partial charge in [0.05, 0.1) is 13.2 Å². The number of hydrogen-bond donors (Lipinski definition) is 1. The third kappa shape index (κ3) is 2.72. The highest BCUT2D eigenvalue weighted by molar-refractivity contribution is 4.91. The zero-order chi connectivity index (χ0) is 12.4. The van der Waals surface area contributed by atoms with Gasteiger partial charge in [0.15, 0.2) is 0 Å². The predicted molar refractivity (Wildman–Crippen MR) is 72.8 cm³/mol. The Balaban J connectivity index is 1.53. The van der Waals surface area contributed by atoms with Crippen LogP contribution in [0.2, 0.25) is 0 Å². The Morgan fingerprint density at radius 2 is 1.89 bits per heavy atom. The molecule has 3 unspecified atom stereocenters. The molecule has 0 aromatic heterocycles. The number of nitrogens with one attached hydrogen (secondary N) is 1. The monoisotopic (exact) mass is 253 g/mol. The second-order valence-electron chi connectivity index (χ2n) is 6.12. The zero-order valence-corrected chi connectivity index (χ0v) is 11.6. The van der Waals surface area contributed by atoms with Crippen molar-refractivity contribution in [3.63, 3.8) is 0 Å². The lowest BCUT2D eigenvalue weighted by Crippen LogP contribution is -2.50. The van der Waals surface area contributed by atoms with Crippen LogP contribution < -0.4 is 5.32 Å². The van der Waals surface area contributed by atoms with Crippen molar-refractivity contribution in [2.75, 3.05) is 52.5 Å². The molecule has 3 rings (SSSR count). The van der Waals surface area contributed by atoms with E-state index in [1.54, 1.807) is 0 Å². The van der Waals surface area contributed by atoms with Gasteiger partial charge in [-0.2, -0.15) is 0 Å². The number of rotatable bonds is 2. The number of ether oxygens (including phenoxy) is 1. The minimum absolute atomic E-state index is 0.788. The van der Waals surface area contributed by atoms with Crippen LogP contribution in [0.4, 0.5) is 0 Å². The standard InChI is InChI=1S/C14H27N3O/c1-12-10-15-4-2-14(12)17-5-3-13(11-17)16-6-8-18-9-7-16/h12-15H,2-11H2,1H3. The average Bonchev–Trinajstić information content (AvgIpc) is 2.90. The summed E-state index contributed by atoms with van der Waals surface area (Å²) in [5, 5.41) is 3.51. The van der Waals surface area contributed by atoms with Crippen molar-refractivity contribution in [2.45, 2.75) is 31.8 Å². The minimum atomic E-state index is 0.788. The smallest absolute Gasteiger partial charge is 0.0594 e. The molecule has 1 N–H and O–H groups in total. The molecule has 0 spiro atoms. The lowest BCUT2D eigenvalue weighted by molar-refractivity contribution is 0.0163. The van der Waals surface area contributed by atoms with Gasteiger partial charge in [-0.1, -0.05) is 6.92 Å². The van der Waals surface area contributed by atoms with Crippen LogP contribution in [-0.2, 0) is 4.74 Å². The van der Waals surface area contributed by atoms with Crippen molar-refractivity contribution in [3.05, 3.63) is 0 Å². The first-order chi connectivity index (χ1) is 8.84. The van der Waals surface area contributed by atoms with Gasteiger partial charge in [0.1, 0.15) is 0 Å².